The second-order valence-electron chi connectivity index (χ2n) is 3.27. The van der Waals surface area contributed by atoms with E-state index in [1.807, 2.05) is 19.1 Å². The van der Waals surface area contributed by atoms with Gasteiger partial charge in [-0.3, -0.25) is 4.79 Å². The number of hydrogen-bond acceptors (Lipinski definition) is 2. The number of carbonyl (C=O) groups excluding carboxylic acids is 1. The van der Waals surface area contributed by atoms with E-state index in [1.165, 1.54) is 7.11 Å². The third-order valence-electron chi connectivity index (χ3n) is 2.02. The Hall–Kier alpha value is -1.06. The Labute approximate surface area is 94.4 Å². The van der Waals surface area contributed by atoms with Crippen molar-refractivity contribution in [1.82, 2.24) is 5.32 Å². The van der Waals surface area contributed by atoms with Crippen LogP contribution in [0.15, 0.2) is 24.3 Å². The van der Waals surface area contributed by atoms with Crippen LogP contribution in [0.5, 0.6) is 0 Å². The normalized spacial score (nSPS) is 12.2. The van der Waals surface area contributed by atoms with Crippen molar-refractivity contribution >= 4 is 17.5 Å². The summed E-state index contributed by atoms with van der Waals surface area (Å²) in [7, 11) is 1.49. The fraction of sp³-hybridized carbons (Fsp3) is 0.364. The maximum absolute atomic E-state index is 11.2. The van der Waals surface area contributed by atoms with E-state index in [1.54, 1.807) is 12.1 Å². The molecule has 1 amide bonds. The van der Waals surface area contributed by atoms with E-state index in [0.29, 0.717) is 5.02 Å². The molecule has 0 heterocycles. The second-order valence-corrected chi connectivity index (χ2v) is 3.71. The minimum absolute atomic E-state index is 0.0371. The molecule has 1 atom stereocenters. The lowest BCUT2D eigenvalue weighted by atomic mass is 10.1. The summed E-state index contributed by atoms with van der Waals surface area (Å²) in [6.07, 6.45) is 0. The van der Waals surface area contributed by atoms with E-state index in [0.717, 1.165) is 5.56 Å². The van der Waals surface area contributed by atoms with Gasteiger partial charge in [0.25, 0.3) is 0 Å². The van der Waals surface area contributed by atoms with Crippen LogP contribution in [0.25, 0.3) is 0 Å². The summed E-state index contributed by atoms with van der Waals surface area (Å²) in [6.45, 7) is 1.99. The molecule has 1 N–H and O–H groups in total. The van der Waals surface area contributed by atoms with Crippen molar-refractivity contribution in [2.75, 3.05) is 13.7 Å². The predicted molar refractivity (Wildman–Crippen MR) is 59.9 cm³/mol. The van der Waals surface area contributed by atoms with Crippen molar-refractivity contribution in [3.63, 3.8) is 0 Å². The van der Waals surface area contributed by atoms with Crippen molar-refractivity contribution in [3.05, 3.63) is 34.9 Å². The molecular formula is C11H14ClNO2. The number of amides is 1. The number of hydrogen-bond donors (Lipinski definition) is 1. The van der Waals surface area contributed by atoms with Crippen LogP contribution in [0.4, 0.5) is 0 Å². The smallest absolute Gasteiger partial charge is 0.246 e. The molecule has 0 aromatic heterocycles. The number of methoxy groups -OCH3 is 1. The largest absolute Gasteiger partial charge is 0.375 e. The van der Waals surface area contributed by atoms with Crippen LogP contribution in [-0.4, -0.2) is 19.6 Å². The lowest BCUT2D eigenvalue weighted by Crippen LogP contribution is -2.29. The van der Waals surface area contributed by atoms with Crippen LogP contribution in [0.3, 0.4) is 0 Å². The Balaban J connectivity index is 2.57. The van der Waals surface area contributed by atoms with E-state index in [2.05, 4.69) is 5.32 Å². The Kier molecular flexibility index (Phi) is 4.59. The first kappa shape index (κ1) is 12.0. The van der Waals surface area contributed by atoms with E-state index in [4.69, 9.17) is 16.3 Å². The van der Waals surface area contributed by atoms with Crippen molar-refractivity contribution in [2.24, 2.45) is 0 Å². The quantitative estimate of drug-likeness (QED) is 0.856. The summed E-state index contributed by atoms with van der Waals surface area (Å²) in [4.78, 5) is 11.2. The number of halogens is 1. The molecule has 0 radical (unpaired) electrons. The highest BCUT2D eigenvalue weighted by atomic mass is 35.5. The van der Waals surface area contributed by atoms with E-state index >= 15 is 0 Å². The summed E-state index contributed by atoms with van der Waals surface area (Å²) in [6, 6.07) is 7.34. The van der Waals surface area contributed by atoms with Crippen molar-refractivity contribution in [1.29, 1.82) is 0 Å². The van der Waals surface area contributed by atoms with Gasteiger partial charge >= 0.3 is 0 Å². The zero-order valence-electron chi connectivity index (χ0n) is 8.79. The van der Waals surface area contributed by atoms with Crippen LogP contribution < -0.4 is 5.32 Å². The summed E-state index contributed by atoms with van der Waals surface area (Å²) < 4.78 is 4.73. The molecule has 1 unspecified atom stereocenters. The highest BCUT2D eigenvalue weighted by Crippen LogP contribution is 2.15. The molecule has 82 valence electrons. The SMILES string of the molecule is COCC(=O)NC(C)c1ccc(Cl)cc1. The number of nitrogens with one attached hydrogen (secondary N) is 1. The molecule has 0 saturated heterocycles. The first-order chi connectivity index (χ1) is 7.13. The Bertz CT molecular complexity index is 324. The summed E-state index contributed by atoms with van der Waals surface area (Å²) in [5.74, 6) is -0.125. The lowest BCUT2D eigenvalue weighted by Gasteiger charge is -2.13. The molecule has 1 aromatic carbocycles. The molecule has 1 rings (SSSR count). The van der Waals surface area contributed by atoms with Gasteiger partial charge in [0.2, 0.25) is 5.91 Å². The van der Waals surface area contributed by atoms with Crippen molar-refractivity contribution < 1.29 is 9.53 Å². The van der Waals surface area contributed by atoms with Crippen LogP contribution >= 0.6 is 11.6 Å². The average molecular weight is 228 g/mol. The Morgan fingerprint density at radius 2 is 2.07 bits per heavy atom. The molecule has 0 spiro atoms. The van der Waals surface area contributed by atoms with E-state index < -0.39 is 0 Å². The first-order valence-corrected chi connectivity index (χ1v) is 5.05. The van der Waals surface area contributed by atoms with Crippen LogP contribution in [0.1, 0.15) is 18.5 Å². The summed E-state index contributed by atoms with van der Waals surface area (Å²) in [5, 5.41) is 3.50. The summed E-state index contributed by atoms with van der Waals surface area (Å²) in [5.41, 5.74) is 1.02. The standard InChI is InChI=1S/C11H14ClNO2/c1-8(13-11(14)7-15-2)9-3-5-10(12)6-4-9/h3-6,8H,7H2,1-2H3,(H,13,14). The third-order valence-corrected chi connectivity index (χ3v) is 2.27. The molecule has 0 saturated carbocycles. The molecule has 3 nitrogen and oxygen atoms in total. The molecule has 15 heavy (non-hydrogen) atoms. The van der Waals surface area contributed by atoms with Crippen LogP contribution in [0.2, 0.25) is 5.02 Å². The van der Waals surface area contributed by atoms with Crippen molar-refractivity contribution in [3.8, 4) is 0 Å². The molecule has 1 aromatic rings. The topological polar surface area (TPSA) is 38.3 Å². The number of benzene rings is 1. The van der Waals surface area contributed by atoms with Gasteiger partial charge in [0, 0.05) is 12.1 Å². The highest BCUT2D eigenvalue weighted by Gasteiger charge is 2.08. The zero-order chi connectivity index (χ0) is 11.3. The van der Waals surface area contributed by atoms with Gasteiger partial charge in [-0.15, -0.1) is 0 Å². The Morgan fingerprint density at radius 1 is 1.47 bits per heavy atom. The number of ether oxygens (including phenoxy) is 1. The summed E-state index contributed by atoms with van der Waals surface area (Å²) >= 11 is 5.76. The van der Waals surface area contributed by atoms with Gasteiger partial charge in [0.1, 0.15) is 6.61 Å². The van der Waals surface area contributed by atoms with Gasteiger partial charge in [-0.25, -0.2) is 0 Å². The first-order valence-electron chi connectivity index (χ1n) is 4.67. The molecule has 0 aliphatic heterocycles. The molecule has 4 heteroatoms. The minimum atomic E-state index is -0.125. The lowest BCUT2D eigenvalue weighted by molar-refractivity contribution is -0.125. The predicted octanol–water partition coefficient (Wildman–Crippen LogP) is 2.16. The average Bonchev–Trinajstić information content (AvgIpc) is 2.18. The van der Waals surface area contributed by atoms with Crippen molar-refractivity contribution in [2.45, 2.75) is 13.0 Å². The monoisotopic (exact) mass is 227 g/mol. The molecule has 0 fully saturated rings. The van der Waals surface area contributed by atoms with Crippen LogP contribution in [-0.2, 0) is 9.53 Å². The fourth-order valence-corrected chi connectivity index (χ4v) is 1.38. The van der Waals surface area contributed by atoms with E-state index in [9.17, 15) is 4.79 Å². The minimum Gasteiger partial charge on any atom is -0.375 e. The van der Waals surface area contributed by atoms with Gasteiger partial charge in [-0.1, -0.05) is 23.7 Å². The number of carbonyl (C=O) groups is 1. The van der Waals surface area contributed by atoms with Crippen LogP contribution in [0, 0.1) is 0 Å². The van der Waals surface area contributed by atoms with Gasteiger partial charge in [-0.2, -0.15) is 0 Å². The second kappa shape index (κ2) is 5.73. The maximum Gasteiger partial charge on any atom is 0.246 e. The molecule has 0 aliphatic rings. The van der Waals surface area contributed by atoms with Gasteiger partial charge < -0.3 is 10.1 Å². The molecule has 0 aliphatic carbocycles. The molecule has 0 bridgehead atoms. The van der Waals surface area contributed by atoms with Gasteiger partial charge in [0.05, 0.1) is 6.04 Å². The highest BCUT2D eigenvalue weighted by molar-refractivity contribution is 6.30. The van der Waals surface area contributed by atoms with E-state index in [-0.39, 0.29) is 18.6 Å². The van der Waals surface area contributed by atoms with Gasteiger partial charge in [-0.05, 0) is 24.6 Å². The Morgan fingerprint density at radius 3 is 2.60 bits per heavy atom. The third kappa shape index (κ3) is 3.90. The maximum atomic E-state index is 11.2. The molecular weight excluding hydrogens is 214 g/mol. The zero-order valence-corrected chi connectivity index (χ0v) is 9.54. The number of rotatable bonds is 4. The van der Waals surface area contributed by atoms with Gasteiger partial charge in [0.15, 0.2) is 0 Å². The fourth-order valence-electron chi connectivity index (χ4n) is 1.25.